The standard InChI is InChI=1S/C13H18O2S/c1-3-15-13(14)8-9-16-10-12-6-4-11(2)5-7-12/h4-7H,3,8-10H2,1-2H3. The van der Waals surface area contributed by atoms with E-state index >= 15 is 0 Å². The smallest absolute Gasteiger partial charge is 0.306 e. The van der Waals surface area contributed by atoms with Gasteiger partial charge in [-0.1, -0.05) is 29.8 Å². The Morgan fingerprint density at radius 3 is 2.62 bits per heavy atom. The number of rotatable bonds is 6. The first kappa shape index (κ1) is 13.1. The number of esters is 1. The Labute approximate surface area is 101 Å². The van der Waals surface area contributed by atoms with Crippen molar-refractivity contribution >= 4 is 17.7 Å². The van der Waals surface area contributed by atoms with Crippen LogP contribution in [-0.2, 0) is 15.3 Å². The van der Waals surface area contributed by atoms with Crippen molar-refractivity contribution in [3.8, 4) is 0 Å². The normalized spacial score (nSPS) is 10.1. The predicted molar refractivity (Wildman–Crippen MR) is 68.6 cm³/mol. The minimum atomic E-state index is -0.0982. The largest absolute Gasteiger partial charge is 0.466 e. The lowest BCUT2D eigenvalue weighted by Gasteiger charge is -2.03. The molecular formula is C13H18O2S. The van der Waals surface area contributed by atoms with Crippen LogP contribution in [0.5, 0.6) is 0 Å². The quantitative estimate of drug-likeness (QED) is 0.562. The summed E-state index contributed by atoms with van der Waals surface area (Å²) in [6.07, 6.45) is 0.504. The second kappa shape index (κ2) is 7.34. The summed E-state index contributed by atoms with van der Waals surface area (Å²) in [5.41, 5.74) is 2.58. The summed E-state index contributed by atoms with van der Waals surface area (Å²) >= 11 is 1.77. The van der Waals surface area contributed by atoms with Crippen molar-refractivity contribution in [1.82, 2.24) is 0 Å². The molecule has 0 unspecified atom stereocenters. The van der Waals surface area contributed by atoms with Gasteiger partial charge in [0.25, 0.3) is 0 Å². The lowest BCUT2D eigenvalue weighted by molar-refractivity contribution is -0.142. The summed E-state index contributed by atoms with van der Waals surface area (Å²) in [5.74, 6) is 1.69. The number of carbonyl (C=O) groups is 1. The summed E-state index contributed by atoms with van der Waals surface area (Å²) in [6.45, 7) is 4.39. The van der Waals surface area contributed by atoms with Crippen molar-refractivity contribution < 1.29 is 9.53 Å². The van der Waals surface area contributed by atoms with Gasteiger partial charge in [0.2, 0.25) is 0 Å². The van der Waals surface area contributed by atoms with E-state index in [2.05, 4.69) is 31.2 Å². The molecule has 0 N–H and O–H groups in total. The summed E-state index contributed by atoms with van der Waals surface area (Å²) < 4.78 is 4.86. The van der Waals surface area contributed by atoms with Crippen LogP contribution in [0.25, 0.3) is 0 Å². The summed E-state index contributed by atoms with van der Waals surface area (Å²) in [5, 5.41) is 0. The van der Waals surface area contributed by atoms with E-state index in [0.717, 1.165) is 11.5 Å². The van der Waals surface area contributed by atoms with Gasteiger partial charge in [-0.25, -0.2) is 0 Å². The van der Waals surface area contributed by atoms with Gasteiger partial charge in [0.05, 0.1) is 13.0 Å². The SMILES string of the molecule is CCOC(=O)CCSCc1ccc(C)cc1. The molecule has 3 heteroatoms. The average molecular weight is 238 g/mol. The third kappa shape index (κ3) is 5.21. The molecule has 0 radical (unpaired) electrons. The van der Waals surface area contributed by atoms with E-state index in [-0.39, 0.29) is 5.97 Å². The number of hydrogen-bond acceptors (Lipinski definition) is 3. The van der Waals surface area contributed by atoms with Crippen LogP contribution < -0.4 is 0 Å². The van der Waals surface area contributed by atoms with E-state index < -0.39 is 0 Å². The van der Waals surface area contributed by atoms with Crippen LogP contribution in [0.15, 0.2) is 24.3 Å². The number of thioether (sulfide) groups is 1. The van der Waals surface area contributed by atoms with Gasteiger partial charge in [-0.2, -0.15) is 11.8 Å². The Morgan fingerprint density at radius 1 is 1.31 bits per heavy atom. The van der Waals surface area contributed by atoms with Gasteiger partial charge in [0.15, 0.2) is 0 Å². The number of hydrogen-bond donors (Lipinski definition) is 0. The monoisotopic (exact) mass is 238 g/mol. The average Bonchev–Trinajstić information content (AvgIpc) is 2.27. The lowest BCUT2D eigenvalue weighted by atomic mass is 10.2. The third-order valence-corrected chi connectivity index (χ3v) is 3.18. The molecule has 0 fully saturated rings. The second-order valence-corrected chi connectivity index (χ2v) is 4.70. The van der Waals surface area contributed by atoms with Crippen LogP contribution in [0.2, 0.25) is 0 Å². The number of aryl methyl sites for hydroxylation is 1. The maximum atomic E-state index is 11.1. The Kier molecular flexibility index (Phi) is 6.01. The Hall–Kier alpha value is -0.960. The lowest BCUT2D eigenvalue weighted by Crippen LogP contribution is -2.04. The topological polar surface area (TPSA) is 26.3 Å². The first-order valence-corrected chi connectivity index (χ1v) is 6.66. The zero-order chi connectivity index (χ0) is 11.8. The molecule has 2 nitrogen and oxygen atoms in total. The second-order valence-electron chi connectivity index (χ2n) is 3.59. The molecule has 0 heterocycles. The molecule has 0 saturated heterocycles. The van der Waals surface area contributed by atoms with E-state index in [1.54, 1.807) is 11.8 Å². The van der Waals surface area contributed by atoms with E-state index in [1.807, 2.05) is 6.92 Å². The third-order valence-electron chi connectivity index (χ3n) is 2.15. The molecular weight excluding hydrogens is 220 g/mol. The highest BCUT2D eigenvalue weighted by molar-refractivity contribution is 7.98. The van der Waals surface area contributed by atoms with Gasteiger partial charge >= 0.3 is 5.97 Å². The minimum Gasteiger partial charge on any atom is -0.466 e. The van der Waals surface area contributed by atoms with Gasteiger partial charge in [0, 0.05) is 11.5 Å². The molecule has 0 aromatic heterocycles. The van der Waals surface area contributed by atoms with E-state index in [4.69, 9.17) is 4.74 Å². The molecule has 0 aliphatic carbocycles. The Morgan fingerprint density at radius 2 is 2.00 bits per heavy atom. The van der Waals surface area contributed by atoms with E-state index in [0.29, 0.717) is 13.0 Å². The van der Waals surface area contributed by atoms with Gasteiger partial charge in [-0.3, -0.25) is 4.79 Å². The molecule has 16 heavy (non-hydrogen) atoms. The van der Waals surface area contributed by atoms with Crippen molar-refractivity contribution in [3.05, 3.63) is 35.4 Å². The molecule has 0 spiro atoms. The van der Waals surface area contributed by atoms with E-state index in [1.165, 1.54) is 11.1 Å². The van der Waals surface area contributed by atoms with Crippen molar-refractivity contribution in [1.29, 1.82) is 0 Å². The van der Waals surface area contributed by atoms with Gasteiger partial charge in [-0.05, 0) is 19.4 Å². The predicted octanol–water partition coefficient (Wildman–Crippen LogP) is 3.18. The van der Waals surface area contributed by atoms with Gasteiger partial charge < -0.3 is 4.74 Å². The minimum absolute atomic E-state index is 0.0982. The fourth-order valence-corrected chi connectivity index (χ4v) is 2.15. The van der Waals surface area contributed by atoms with Crippen LogP contribution in [0.4, 0.5) is 0 Å². The molecule has 1 rings (SSSR count). The van der Waals surface area contributed by atoms with Gasteiger partial charge in [0.1, 0.15) is 0 Å². The molecule has 0 aliphatic rings. The van der Waals surface area contributed by atoms with Crippen molar-refractivity contribution in [2.75, 3.05) is 12.4 Å². The first-order chi connectivity index (χ1) is 7.72. The molecule has 0 amide bonds. The number of ether oxygens (including phenoxy) is 1. The molecule has 0 atom stereocenters. The maximum absolute atomic E-state index is 11.1. The maximum Gasteiger partial charge on any atom is 0.306 e. The molecule has 88 valence electrons. The summed E-state index contributed by atoms with van der Waals surface area (Å²) in [6, 6.07) is 8.49. The van der Waals surface area contributed by atoms with Crippen LogP contribution in [0.3, 0.4) is 0 Å². The zero-order valence-corrected chi connectivity index (χ0v) is 10.7. The fourth-order valence-electron chi connectivity index (χ4n) is 1.26. The summed E-state index contributed by atoms with van der Waals surface area (Å²) in [4.78, 5) is 11.1. The highest BCUT2D eigenvalue weighted by atomic mass is 32.2. The molecule has 1 aromatic carbocycles. The van der Waals surface area contributed by atoms with Gasteiger partial charge in [-0.15, -0.1) is 0 Å². The van der Waals surface area contributed by atoms with E-state index in [9.17, 15) is 4.79 Å². The zero-order valence-electron chi connectivity index (χ0n) is 9.86. The number of benzene rings is 1. The molecule has 0 aliphatic heterocycles. The van der Waals surface area contributed by atoms with Crippen LogP contribution in [0.1, 0.15) is 24.5 Å². The number of carbonyl (C=O) groups excluding carboxylic acids is 1. The van der Waals surface area contributed by atoms with Crippen molar-refractivity contribution in [2.45, 2.75) is 26.0 Å². The summed E-state index contributed by atoms with van der Waals surface area (Å²) in [7, 11) is 0. The van der Waals surface area contributed by atoms with Crippen LogP contribution in [0, 0.1) is 6.92 Å². The highest BCUT2D eigenvalue weighted by Crippen LogP contribution is 2.13. The van der Waals surface area contributed by atoms with Crippen molar-refractivity contribution in [3.63, 3.8) is 0 Å². The van der Waals surface area contributed by atoms with Crippen molar-refractivity contribution in [2.24, 2.45) is 0 Å². The van der Waals surface area contributed by atoms with Crippen LogP contribution in [-0.4, -0.2) is 18.3 Å². The highest BCUT2D eigenvalue weighted by Gasteiger charge is 2.01. The van der Waals surface area contributed by atoms with Crippen LogP contribution >= 0.6 is 11.8 Å². The fraction of sp³-hybridized carbons (Fsp3) is 0.462. The molecule has 1 aromatic rings. The Balaban J connectivity index is 2.16. The Bertz CT molecular complexity index is 319. The first-order valence-electron chi connectivity index (χ1n) is 5.51. The molecule has 0 saturated carbocycles. The molecule has 0 bridgehead atoms.